The number of carbonyl (C=O) groups excluding carboxylic acids is 1. The van der Waals surface area contributed by atoms with Gasteiger partial charge in [-0.3, -0.25) is 4.79 Å². The second kappa shape index (κ2) is 7.23. The lowest BCUT2D eigenvalue weighted by Gasteiger charge is -2.02. The highest BCUT2D eigenvalue weighted by molar-refractivity contribution is 9.10. The van der Waals surface area contributed by atoms with Crippen LogP contribution < -0.4 is 10.6 Å². The second-order valence-electron chi connectivity index (χ2n) is 2.46. The van der Waals surface area contributed by atoms with Crippen molar-refractivity contribution in [1.82, 2.24) is 10.6 Å². The molecular formula is C8H12BrClN2OS. The van der Waals surface area contributed by atoms with Crippen LogP contribution in [0.3, 0.4) is 0 Å². The van der Waals surface area contributed by atoms with Gasteiger partial charge in [0.15, 0.2) is 0 Å². The van der Waals surface area contributed by atoms with E-state index in [0.29, 0.717) is 6.54 Å². The van der Waals surface area contributed by atoms with Gasteiger partial charge in [-0.1, -0.05) is 0 Å². The van der Waals surface area contributed by atoms with Crippen LogP contribution in [0.25, 0.3) is 0 Å². The lowest BCUT2D eigenvalue weighted by atomic mass is 10.4. The first-order valence-electron chi connectivity index (χ1n) is 3.91. The first-order chi connectivity index (χ1) is 6.25. The van der Waals surface area contributed by atoms with E-state index in [9.17, 15) is 4.79 Å². The molecule has 0 saturated carbocycles. The molecular weight excluding hydrogens is 288 g/mol. The summed E-state index contributed by atoms with van der Waals surface area (Å²) in [6.07, 6.45) is 0. The van der Waals surface area contributed by atoms with Gasteiger partial charge >= 0.3 is 0 Å². The van der Waals surface area contributed by atoms with E-state index < -0.39 is 0 Å². The van der Waals surface area contributed by atoms with Crippen LogP contribution in [0.15, 0.2) is 15.9 Å². The highest BCUT2D eigenvalue weighted by Gasteiger charge is 2.09. The van der Waals surface area contributed by atoms with Crippen LogP contribution in [0.1, 0.15) is 9.67 Å². The van der Waals surface area contributed by atoms with Crippen molar-refractivity contribution in [3.8, 4) is 0 Å². The largest absolute Gasteiger partial charge is 0.350 e. The Bertz CT molecular complexity index is 293. The Kier molecular flexibility index (Phi) is 7.17. The van der Waals surface area contributed by atoms with Gasteiger partial charge in [0, 0.05) is 17.6 Å². The Morgan fingerprint density at radius 3 is 2.79 bits per heavy atom. The van der Waals surface area contributed by atoms with Crippen LogP contribution >= 0.6 is 39.7 Å². The molecule has 1 aromatic rings. The summed E-state index contributed by atoms with van der Waals surface area (Å²) >= 11 is 4.75. The number of likely N-dealkylation sites (N-methyl/N-ethyl adjacent to an activating group) is 1. The number of hydrogen-bond acceptors (Lipinski definition) is 3. The van der Waals surface area contributed by atoms with Gasteiger partial charge in [0.05, 0.1) is 0 Å². The molecule has 0 unspecified atom stereocenters. The summed E-state index contributed by atoms with van der Waals surface area (Å²) in [4.78, 5) is 12.2. The average Bonchev–Trinajstić information content (AvgIpc) is 2.52. The van der Waals surface area contributed by atoms with Crippen LogP contribution in [-0.2, 0) is 0 Å². The first-order valence-corrected chi connectivity index (χ1v) is 5.58. The predicted molar refractivity (Wildman–Crippen MR) is 65.5 cm³/mol. The number of rotatable bonds is 4. The molecule has 1 rings (SSSR count). The molecule has 0 aliphatic rings. The quantitative estimate of drug-likeness (QED) is 0.834. The predicted octanol–water partition coefficient (Wildman–Crippen LogP) is 1.88. The van der Waals surface area contributed by atoms with Crippen LogP contribution in [-0.4, -0.2) is 26.0 Å². The number of nitrogens with one attached hydrogen (secondary N) is 2. The highest BCUT2D eigenvalue weighted by atomic mass is 79.9. The smallest absolute Gasteiger partial charge is 0.262 e. The van der Waals surface area contributed by atoms with Crippen molar-refractivity contribution in [2.45, 2.75) is 0 Å². The molecule has 14 heavy (non-hydrogen) atoms. The molecule has 3 nitrogen and oxygen atoms in total. The minimum atomic E-state index is -0.0166. The van der Waals surface area contributed by atoms with Crippen molar-refractivity contribution in [2.75, 3.05) is 20.1 Å². The molecule has 0 radical (unpaired) electrons. The van der Waals surface area contributed by atoms with Gasteiger partial charge in [0.2, 0.25) is 0 Å². The van der Waals surface area contributed by atoms with Crippen molar-refractivity contribution < 1.29 is 4.79 Å². The minimum Gasteiger partial charge on any atom is -0.350 e. The zero-order valence-corrected chi connectivity index (χ0v) is 10.9. The molecule has 2 N–H and O–H groups in total. The number of halogens is 2. The molecule has 6 heteroatoms. The monoisotopic (exact) mass is 298 g/mol. The zero-order valence-electron chi connectivity index (χ0n) is 7.67. The molecule has 1 heterocycles. The van der Waals surface area contributed by atoms with Gasteiger partial charge in [-0.25, -0.2) is 0 Å². The molecule has 0 fully saturated rings. The number of hydrogen-bond donors (Lipinski definition) is 2. The molecule has 0 saturated heterocycles. The van der Waals surface area contributed by atoms with E-state index in [0.717, 1.165) is 15.9 Å². The van der Waals surface area contributed by atoms with Crippen LogP contribution in [0.5, 0.6) is 0 Å². The van der Waals surface area contributed by atoms with Gasteiger partial charge < -0.3 is 10.6 Å². The first kappa shape index (κ1) is 13.9. The van der Waals surface area contributed by atoms with Gasteiger partial charge in [-0.2, -0.15) is 0 Å². The Labute approximate surface area is 102 Å². The topological polar surface area (TPSA) is 41.1 Å². The summed E-state index contributed by atoms with van der Waals surface area (Å²) in [5, 5.41) is 7.65. The fourth-order valence-corrected chi connectivity index (χ4v) is 2.30. The maximum atomic E-state index is 11.4. The summed E-state index contributed by atoms with van der Waals surface area (Å²) in [6.45, 7) is 1.44. The molecule has 0 bridgehead atoms. The SMILES string of the molecule is CNCCNC(=O)c1sccc1Br.Cl. The highest BCUT2D eigenvalue weighted by Crippen LogP contribution is 2.21. The summed E-state index contributed by atoms with van der Waals surface area (Å²) in [7, 11) is 1.85. The number of carbonyl (C=O) groups is 1. The maximum absolute atomic E-state index is 11.4. The van der Waals surface area contributed by atoms with Crippen molar-refractivity contribution in [2.24, 2.45) is 0 Å². The standard InChI is InChI=1S/C8H11BrN2OS.ClH/c1-10-3-4-11-8(12)7-6(9)2-5-13-7;/h2,5,10H,3-4H2,1H3,(H,11,12);1H. The van der Waals surface area contributed by atoms with Crippen molar-refractivity contribution >= 4 is 45.6 Å². The molecule has 1 amide bonds. The van der Waals surface area contributed by atoms with E-state index in [4.69, 9.17) is 0 Å². The van der Waals surface area contributed by atoms with Crippen LogP contribution in [0.4, 0.5) is 0 Å². The molecule has 80 valence electrons. The third kappa shape index (κ3) is 3.96. The maximum Gasteiger partial charge on any atom is 0.262 e. The van der Waals surface area contributed by atoms with E-state index in [2.05, 4.69) is 26.6 Å². The fraction of sp³-hybridized carbons (Fsp3) is 0.375. The third-order valence-corrected chi connectivity index (χ3v) is 3.32. The molecule has 0 aliphatic heterocycles. The van der Waals surface area contributed by atoms with Crippen LogP contribution in [0.2, 0.25) is 0 Å². The Hall–Kier alpha value is -0.100. The van der Waals surface area contributed by atoms with Crippen molar-refractivity contribution in [1.29, 1.82) is 0 Å². The Morgan fingerprint density at radius 2 is 2.29 bits per heavy atom. The van der Waals surface area contributed by atoms with E-state index in [1.807, 2.05) is 18.5 Å². The molecule has 0 aromatic carbocycles. The van der Waals surface area contributed by atoms with Gasteiger partial charge in [-0.05, 0) is 34.4 Å². The number of thiophene rings is 1. The van der Waals surface area contributed by atoms with Gasteiger partial charge in [0.25, 0.3) is 5.91 Å². The van der Waals surface area contributed by atoms with E-state index in [-0.39, 0.29) is 18.3 Å². The van der Waals surface area contributed by atoms with E-state index in [1.165, 1.54) is 11.3 Å². The van der Waals surface area contributed by atoms with E-state index >= 15 is 0 Å². The minimum absolute atomic E-state index is 0. The Morgan fingerprint density at radius 1 is 1.57 bits per heavy atom. The van der Waals surface area contributed by atoms with E-state index in [1.54, 1.807) is 0 Å². The zero-order chi connectivity index (χ0) is 9.68. The molecule has 0 aliphatic carbocycles. The summed E-state index contributed by atoms with van der Waals surface area (Å²) < 4.78 is 0.861. The molecule has 0 atom stereocenters. The summed E-state index contributed by atoms with van der Waals surface area (Å²) in [6, 6.07) is 1.87. The fourth-order valence-electron chi connectivity index (χ4n) is 0.837. The van der Waals surface area contributed by atoms with Gasteiger partial charge in [-0.15, -0.1) is 23.7 Å². The average molecular weight is 300 g/mol. The molecule has 0 spiro atoms. The molecule has 1 aromatic heterocycles. The van der Waals surface area contributed by atoms with Crippen LogP contribution in [0, 0.1) is 0 Å². The summed E-state index contributed by atoms with van der Waals surface area (Å²) in [5.74, 6) is -0.0166. The number of amides is 1. The Balaban J connectivity index is 0.00000169. The van der Waals surface area contributed by atoms with Crippen molar-refractivity contribution in [3.05, 3.63) is 20.8 Å². The van der Waals surface area contributed by atoms with Crippen molar-refractivity contribution in [3.63, 3.8) is 0 Å². The summed E-state index contributed by atoms with van der Waals surface area (Å²) in [5.41, 5.74) is 0. The lowest BCUT2D eigenvalue weighted by Crippen LogP contribution is -2.30. The third-order valence-electron chi connectivity index (χ3n) is 1.48. The van der Waals surface area contributed by atoms with Gasteiger partial charge in [0.1, 0.15) is 4.88 Å². The second-order valence-corrected chi connectivity index (χ2v) is 4.23. The lowest BCUT2D eigenvalue weighted by molar-refractivity contribution is 0.0957. The normalized spacial score (nSPS) is 9.29.